The molecule has 0 amide bonds. The van der Waals surface area contributed by atoms with E-state index in [1.54, 1.807) is 0 Å². The van der Waals surface area contributed by atoms with Gasteiger partial charge in [0, 0.05) is 6.04 Å². The largest absolute Gasteiger partial charge is 0.310 e. The van der Waals surface area contributed by atoms with Gasteiger partial charge in [0.05, 0.1) is 0 Å². The van der Waals surface area contributed by atoms with E-state index < -0.39 is 0 Å². The molecule has 1 heterocycles. The zero-order chi connectivity index (χ0) is 12.3. The van der Waals surface area contributed by atoms with E-state index in [1.807, 2.05) is 0 Å². The van der Waals surface area contributed by atoms with Gasteiger partial charge in [-0.25, -0.2) is 0 Å². The second kappa shape index (κ2) is 5.22. The topological polar surface area (TPSA) is 12.0 Å². The van der Waals surface area contributed by atoms with Gasteiger partial charge >= 0.3 is 0 Å². The summed E-state index contributed by atoms with van der Waals surface area (Å²) in [5.41, 5.74) is 3.26. The van der Waals surface area contributed by atoms with Crippen LogP contribution in [0, 0.1) is 0 Å². The summed E-state index contributed by atoms with van der Waals surface area (Å²) in [5.74, 6) is 0. The van der Waals surface area contributed by atoms with Crippen LogP contribution in [0.4, 0.5) is 0 Å². The third-order valence-corrected chi connectivity index (χ3v) is 3.70. The first-order valence-corrected chi connectivity index (χ1v) is 6.92. The molecule has 2 rings (SSSR count). The Bertz CT molecular complexity index is 354. The van der Waals surface area contributed by atoms with Gasteiger partial charge in [-0.05, 0) is 35.9 Å². The number of nitrogens with one attached hydrogen (secondary N) is 1. The third kappa shape index (κ3) is 3.10. The minimum Gasteiger partial charge on any atom is -0.310 e. The molecule has 1 N–H and O–H groups in total. The lowest BCUT2D eigenvalue weighted by atomic mass is 9.81. The van der Waals surface area contributed by atoms with E-state index in [9.17, 15) is 0 Å². The first-order chi connectivity index (χ1) is 8.09. The average molecular weight is 231 g/mol. The van der Waals surface area contributed by atoms with Crippen molar-refractivity contribution in [2.75, 3.05) is 6.54 Å². The SMILES string of the molecule is CC(C)(C)c1ccccc1C1CCCCCN1. The van der Waals surface area contributed by atoms with Gasteiger partial charge in [0.2, 0.25) is 0 Å². The van der Waals surface area contributed by atoms with Gasteiger partial charge in [-0.15, -0.1) is 0 Å². The van der Waals surface area contributed by atoms with Gasteiger partial charge in [0.1, 0.15) is 0 Å². The fraction of sp³-hybridized carbons (Fsp3) is 0.625. The quantitative estimate of drug-likeness (QED) is 0.764. The zero-order valence-corrected chi connectivity index (χ0v) is 11.4. The Morgan fingerprint density at radius 3 is 2.59 bits per heavy atom. The molecule has 0 bridgehead atoms. The number of rotatable bonds is 1. The van der Waals surface area contributed by atoms with Crippen LogP contribution in [0.3, 0.4) is 0 Å². The summed E-state index contributed by atoms with van der Waals surface area (Å²) in [6, 6.07) is 9.51. The summed E-state index contributed by atoms with van der Waals surface area (Å²) < 4.78 is 0. The van der Waals surface area contributed by atoms with Crippen LogP contribution in [-0.4, -0.2) is 6.54 Å². The highest BCUT2D eigenvalue weighted by Gasteiger charge is 2.22. The molecule has 1 fully saturated rings. The molecular formula is C16H25N. The van der Waals surface area contributed by atoms with Gasteiger partial charge in [-0.3, -0.25) is 0 Å². The zero-order valence-electron chi connectivity index (χ0n) is 11.4. The van der Waals surface area contributed by atoms with Crippen molar-refractivity contribution in [3.05, 3.63) is 35.4 Å². The number of benzene rings is 1. The smallest absolute Gasteiger partial charge is 0.0323 e. The normalized spacial score (nSPS) is 22.2. The standard InChI is InChI=1S/C16H25N/c1-16(2,3)14-10-7-6-9-13(14)15-11-5-4-8-12-17-15/h6-7,9-10,15,17H,4-5,8,11-12H2,1-3H3. The van der Waals surface area contributed by atoms with E-state index >= 15 is 0 Å². The predicted molar refractivity (Wildman–Crippen MR) is 74.4 cm³/mol. The molecule has 0 saturated carbocycles. The number of hydrogen-bond acceptors (Lipinski definition) is 1. The van der Waals surface area contributed by atoms with Crippen molar-refractivity contribution in [3.8, 4) is 0 Å². The Morgan fingerprint density at radius 2 is 1.82 bits per heavy atom. The Hall–Kier alpha value is -0.820. The maximum absolute atomic E-state index is 3.71. The first-order valence-electron chi connectivity index (χ1n) is 6.92. The van der Waals surface area contributed by atoms with Crippen LogP contribution in [0.15, 0.2) is 24.3 Å². The lowest BCUT2D eigenvalue weighted by Crippen LogP contribution is -2.24. The van der Waals surface area contributed by atoms with E-state index in [0.29, 0.717) is 6.04 Å². The van der Waals surface area contributed by atoms with Gasteiger partial charge in [-0.2, -0.15) is 0 Å². The van der Waals surface area contributed by atoms with Crippen molar-refractivity contribution < 1.29 is 0 Å². The summed E-state index contributed by atoms with van der Waals surface area (Å²) in [6.07, 6.45) is 5.35. The van der Waals surface area contributed by atoms with Crippen LogP contribution >= 0.6 is 0 Å². The monoisotopic (exact) mass is 231 g/mol. The second-order valence-corrected chi connectivity index (χ2v) is 6.19. The van der Waals surface area contributed by atoms with Crippen molar-refractivity contribution >= 4 is 0 Å². The molecule has 0 aliphatic carbocycles. The van der Waals surface area contributed by atoms with Crippen molar-refractivity contribution in [1.29, 1.82) is 0 Å². The first kappa shape index (κ1) is 12.6. The van der Waals surface area contributed by atoms with Crippen LogP contribution < -0.4 is 5.32 Å². The summed E-state index contributed by atoms with van der Waals surface area (Å²) in [4.78, 5) is 0. The van der Waals surface area contributed by atoms with E-state index in [4.69, 9.17) is 0 Å². The molecule has 1 unspecified atom stereocenters. The highest BCUT2D eigenvalue weighted by Crippen LogP contribution is 2.32. The van der Waals surface area contributed by atoms with E-state index in [2.05, 4.69) is 50.4 Å². The summed E-state index contributed by atoms with van der Waals surface area (Å²) in [6.45, 7) is 8.09. The fourth-order valence-electron chi connectivity index (χ4n) is 2.78. The molecule has 1 aromatic rings. The molecule has 17 heavy (non-hydrogen) atoms. The molecule has 1 aliphatic rings. The molecule has 0 spiro atoms. The molecule has 1 heteroatoms. The van der Waals surface area contributed by atoms with E-state index in [-0.39, 0.29) is 5.41 Å². The van der Waals surface area contributed by atoms with Crippen LogP contribution in [-0.2, 0) is 5.41 Å². The fourth-order valence-corrected chi connectivity index (χ4v) is 2.78. The van der Waals surface area contributed by atoms with Crippen LogP contribution in [0.5, 0.6) is 0 Å². The molecule has 94 valence electrons. The van der Waals surface area contributed by atoms with Crippen molar-refractivity contribution in [2.24, 2.45) is 0 Å². The minimum absolute atomic E-state index is 0.241. The van der Waals surface area contributed by atoms with Crippen LogP contribution in [0.2, 0.25) is 0 Å². The van der Waals surface area contributed by atoms with Crippen molar-refractivity contribution in [1.82, 2.24) is 5.32 Å². The Balaban J connectivity index is 2.30. The molecule has 1 saturated heterocycles. The van der Waals surface area contributed by atoms with Crippen molar-refractivity contribution in [2.45, 2.75) is 57.9 Å². The molecule has 0 aromatic heterocycles. The van der Waals surface area contributed by atoms with Gasteiger partial charge < -0.3 is 5.32 Å². The summed E-state index contributed by atoms with van der Waals surface area (Å²) in [5, 5.41) is 3.71. The highest BCUT2D eigenvalue weighted by molar-refractivity contribution is 5.35. The van der Waals surface area contributed by atoms with Gasteiger partial charge in [0.15, 0.2) is 0 Å². The summed E-state index contributed by atoms with van der Waals surface area (Å²) in [7, 11) is 0. The maximum Gasteiger partial charge on any atom is 0.0323 e. The molecule has 1 aromatic carbocycles. The highest BCUT2D eigenvalue weighted by atomic mass is 14.9. The van der Waals surface area contributed by atoms with Gasteiger partial charge in [0.25, 0.3) is 0 Å². The second-order valence-electron chi connectivity index (χ2n) is 6.19. The Labute approximate surface area is 106 Å². The maximum atomic E-state index is 3.71. The molecular weight excluding hydrogens is 206 g/mol. The Kier molecular flexibility index (Phi) is 3.88. The molecule has 1 atom stereocenters. The Morgan fingerprint density at radius 1 is 1.06 bits per heavy atom. The third-order valence-electron chi connectivity index (χ3n) is 3.70. The van der Waals surface area contributed by atoms with E-state index in [1.165, 1.54) is 43.4 Å². The minimum atomic E-state index is 0.241. The predicted octanol–water partition coefficient (Wildman–Crippen LogP) is 4.19. The average Bonchev–Trinajstić information content (AvgIpc) is 2.56. The molecule has 1 aliphatic heterocycles. The lowest BCUT2D eigenvalue weighted by molar-refractivity contribution is 0.507. The number of hydrogen-bond donors (Lipinski definition) is 1. The van der Waals surface area contributed by atoms with Crippen molar-refractivity contribution in [3.63, 3.8) is 0 Å². The van der Waals surface area contributed by atoms with E-state index in [0.717, 1.165) is 0 Å². The molecule has 1 nitrogen and oxygen atoms in total. The lowest BCUT2D eigenvalue weighted by Gasteiger charge is -2.27. The van der Waals surface area contributed by atoms with Gasteiger partial charge in [-0.1, -0.05) is 57.9 Å². The molecule has 0 radical (unpaired) electrons. The van der Waals surface area contributed by atoms with Crippen LogP contribution in [0.25, 0.3) is 0 Å². The summed E-state index contributed by atoms with van der Waals surface area (Å²) >= 11 is 0. The van der Waals surface area contributed by atoms with Crippen LogP contribution in [0.1, 0.15) is 63.6 Å².